The molecule has 3 aromatic rings. The number of anilines is 1. The van der Waals surface area contributed by atoms with Crippen molar-refractivity contribution in [2.24, 2.45) is 5.10 Å². The number of hydrazone groups is 1. The zero-order valence-electron chi connectivity index (χ0n) is 15.1. The zero-order chi connectivity index (χ0) is 18.9. The highest BCUT2D eigenvalue weighted by atomic mass is 35.5. The van der Waals surface area contributed by atoms with Gasteiger partial charge in [0.1, 0.15) is 6.61 Å². The van der Waals surface area contributed by atoms with Crippen LogP contribution in [0.25, 0.3) is 0 Å². The molecule has 0 saturated heterocycles. The van der Waals surface area contributed by atoms with E-state index >= 15 is 0 Å². The molecule has 0 aliphatic rings. The Morgan fingerprint density at radius 3 is 2.48 bits per heavy atom. The van der Waals surface area contributed by atoms with E-state index < -0.39 is 0 Å². The molecule has 1 N–H and O–H groups in total. The van der Waals surface area contributed by atoms with Gasteiger partial charge in [-0.25, -0.2) is 0 Å². The number of nitrogens with zero attached hydrogens (tertiary/aromatic N) is 1. The van der Waals surface area contributed by atoms with Gasteiger partial charge in [0.2, 0.25) is 0 Å². The molecule has 0 fully saturated rings. The number of hydrogen-bond acceptors (Lipinski definition) is 4. The third-order valence-electron chi connectivity index (χ3n) is 3.79. The third kappa shape index (κ3) is 5.50. The molecule has 0 aliphatic carbocycles. The van der Waals surface area contributed by atoms with Crippen LogP contribution in [0.2, 0.25) is 5.02 Å². The minimum atomic E-state index is 0.378. The van der Waals surface area contributed by atoms with Gasteiger partial charge in [0.25, 0.3) is 0 Å². The van der Waals surface area contributed by atoms with Gasteiger partial charge in [0.05, 0.1) is 18.5 Å². The van der Waals surface area contributed by atoms with Crippen LogP contribution in [0.15, 0.2) is 77.9 Å². The van der Waals surface area contributed by atoms with E-state index in [0.29, 0.717) is 29.7 Å². The molecule has 0 aromatic heterocycles. The second-order valence-electron chi connectivity index (χ2n) is 5.76. The predicted molar refractivity (Wildman–Crippen MR) is 111 cm³/mol. The largest absolute Gasteiger partial charge is 0.490 e. The van der Waals surface area contributed by atoms with Gasteiger partial charge in [0.15, 0.2) is 11.5 Å². The summed E-state index contributed by atoms with van der Waals surface area (Å²) < 4.78 is 11.6. The second kappa shape index (κ2) is 9.64. The highest BCUT2D eigenvalue weighted by molar-refractivity contribution is 6.31. The highest BCUT2D eigenvalue weighted by Crippen LogP contribution is 2.29. The van der Waals surface area contributed by atoms with Crippen molar-refractivity contribution in [3.63, 3.8) is 0 Å². The van der Waals surface area contributed by atoms with E-state index in [9.17, 15) is 0 Å². The standard InChI is InChI=1S/C22H21ClN2O2/c1-2-26-22-14-17(15-24-25-19-9-4-3-5-10-19)12-13-21(22)27-16-18-8-6-7-11-20(18)23/h3-15,25H,2,16H2,1H3. The fraction of sp³-hybridized carbons (Fsp3) is 0.136. The quantitative estimate of drug-likeness (QED) is 0.399. The molecule has 5 heteroatoms. The van der Waals surface area contributed by atoms with E-state index in [1.807, 2.05) is 79.7 Å². The summed E-state index contributed by atoms with van der Waals surface area (Å²) in [6, 6.07) is 23.1. The SMILES string of the molecule is CCOc1cc(C=NNc2ccccc2)ccc1OCc1ccccc1Cl. The molecular weight excluding hydrogens is 360 g/mol. The van der Waals surface area contributed by atoms with Gasteiger partial charge in [0, 0.05) is 10.6 Å². The van der Waals surface area contributed by atoms with Gasteiger partial charge in [-0.2, -0.15) is 5.10 Å². The lowest BCUT2D eigenvalue weighted by Crippen LogP contribution is -2.01. The molecule has 3 aromatic carbocycles. The Bertz CT molecular complexity index is 898. The van der Waals surface area contributed by atoms with Crippen LogP contribution >= 0.6 is 11.6 Å². The number of rotatable bonds is 8. The number of benzene rings is 3. The number of halogens is 1. The van der Waals surface area contributed by atoms with Crippen molar-refractivity contribution in [1.29, 1.82) is 0 Å². The van der Waals surface area contributed by atoms with Gasteiger partial charge >= 0.3 is 0 Å². The van der Waals surface area contributed by atoms with Crippen molar-refractivity contribution < 1.29 is 9.47 Å². The third-order valence-corrected chi connectivity index (χ3v) is 4.16. The maximum atomic E-state index is 6.19. The van der Waals surface area contributed by atoms with Crippen molar-refractivity contribution in [1.82, 2.24) is 0 Å². The lowest BCUT2D eigenvalue weighted by Gasteiger charge is -2.13. The van der Waals surface area contributed by atoms with Crippen LogP contribution in [0.4, 0.5) is 5.69 Å². The van der Waals surface area contributed by atoms with Gasteiger partial charge in [-0.3, -0.25) is 5.43 Å². The normalized spacial score (nSPS) is 10.7. The summed E-state index contributed by atoms with van der Waals surface area (Å²) in [6.45, 7) is 2.86. The zero-order valence-corrected chi connectivity index (χ0v) is 15.8. The molecule has 0 saturated carbocycles. The summed E-state index contributed by atoms with van der Waals surface area (Å²) in [7, 11) is 0. The smallest absolute Gasteiger partial charge is 0.161 e. The fourth-order valence-electron chi connectivity index (χ4n) is 2.46. The van der Waals surface area contributed by atoms with Crippen LogP contribution < -0.4 is 14.9 Å². The first-order valence-electron chi connectivity index (χ1n) is 8.73. The molecule has 0 radical (unpaired) electrons. The summed E-state index contributed by atoms with van der Waals surface area (Å²) in [5.74, 6) is 1.35. The van der Waals surface area contributed by atoms with Crippen molar-refractivity contribution in [3.8, 4) is 11.5 Å². The molecule has 0 aliphatic heterocycles. The molecule has 138 valence electrons. The monoisotopic (exact) mass is 380 g/mol. The topological polar surface area (TPSA) is 42.8 Å². The number of hydrogen-bond donors (Lipinski definition) is 1. The Morgan fingerprint density at radius 2 is 1.70 bits per heavy atom. The fourth-order valence-corrected chi connectivity index (χ4v) is 2.65. The van der Waals surface area contributed by atoms with Gasteiger partial charge in [-0.05, 0) is 48.9 Å². The molecule has 0 bridgehead atoms. The maximum Gasteiger partial charge on any atom is 0.161 e. The molecule has 4 nitrogen and oxygen atoms in total. The highest BCUT2D eigenvalue weighted by Gasteiger charge is 2.07. The number of para-hydroxylation sites is 1. The molecular formula is C22H21ClN2O2. The Hall–Kier alpha value is -2.98. The second-order valence-corrected chi connectivity index (χ2v) is 6.16. The Labute approximate surface area is 164 Å². The summed E-state index contributed by atoms with van der Waals surface area (Å²) in [5, 5.41) is 4.95. The molecule has 27 heavy (non-hydrogen) atoms. The minimum absolute atomic E-state index is 0.378. The van der Waals surface area contributed by atoms with Crippen LogP contribution in [0.5, 0.6) is 11.5 Å². The van der Waals surface area contributed by atoms with E-state index in [1.54, 1.807) is 6.21 Å². The summed E-state index contributed by atoms with van der Waals surface area (Å²) in [6.07, 6.45) is 1.74. The van der Waals surface area contributed by atoms with Crippen LogP contribution in [-0.2, 0) is 6.61 Å². The van der Waals surface area contributed by atoms with Crippen LogP contribution in [0.1, 0.15) is 18.1 Å². The Morgan fingerprint density at radius 1 is 0.926 bits per heavy atom. The molecule has 0 heterocycles. The average Bonchev–Trinajstić information content (AvgIpc) is 2.69. The lowest BCUT2D eigenvalue weighted by molar-refractivity contribution is 0.269. The first-order valence-corrected chi connectivity index (χ1v) is 9.11. The van der Waals surface area contributed by atoms with Crippen molar-refractivity contribution in [2.75, 3.05) is 12.0 Å². The van der Waals surface area contributed by atoms with Crippen LogP contribution in [0, 0.1) is 0 Å². The maximum absolute atomic E-state index is 6.19. The summed E-state index contributed by atoms with van der Waals surface area (Å²) in [4.78, 5) is 0. The van der Waals surface area contributed by atoms with Gasteiger partial charge in [-0.1, -0.05) is 48.0 Å². The van der Waals surface area contributed by atoms with Gasteiger partial charge in [-0.15, -0.1) is 0 Å². The molecule has 0 atom stereocenters. The van der Waals surface area contributed by atoms with E-state index in [1.165, 1.54) is 0 Å². The molecule has 3 rings (SSSR count). The Balaban J connectivity index is 1.69. The van der Waals surface area contributed by atoms with Crippen LogP contribution in [-0.4, -0.2) is 12.8 Å². The van der Waals surface area contributed by atoms with E-state index in [0.717, 1.165) is 16.8 Å². The molecule has 0 unspecified atom stereocenters. The Kier molecular flexibility index (Phi) is 6.72. The minimum Gasteiger partial charge on any atom is -0.490 e. The number of ether oxygens (including phenoxy) is 2. The average molecular weight is 381 g/mol. The van der Waals surface area contributed by atoms with Crippen molar-refractivity contribution >= 4 is 23.5 Å². The van der Waals surface area contributed by atoms with Crippen molar-refractivity contribution in [3.05, 3.63) is 88.9 Å². The molecule has 0 spiro atoms. The summed E-state index contributed by atoms with van der Waals surface area (Å²) >= 11 is 6.19. The summed E-state index contributed by atoms with van der Waals surface area (Å²) in [5.41, 5.74) is 5.76. The molecule has 0 amide bonds. The number of nitrogens with one attached hydrogen (secondary N) is 1. The first-order chi connectivity index (χ1) is 13.3. The van der Waals surface area contributed by atoms with Crippen LogP contribution in [0.3, 0.4) is 0 Å². The van der Waals surface area contributed by atoms with Gasteiger partial charge < -0.3 is 9.47 Å². The first kappa shape index (κ1) is 18.8. The van der Waals surface area contributed by atoms with E-state index in [2.05, 4.69) is 10.5 Å². The van der Waals surface area contributed by atoms with Crippen molar-refractivity contribution in [2.45, 2.75) is 13.5 Å². The lowest BCUT2D eigenvalue weighted by atomic mass is 10.2. The van der Waals surface area contributed by atoms with E-state index in [-0.39, 0.29) is 0 Å². The predicted octanol–water partition coefficient (Wildman–Crippen LogP) is 5.76. The van der Waals surface area contributed by atoms with E-state index in [4.69, 9.17) is 21.1 Å².